The van der Waals surface area contributed by atoms with E-state index in [4.69, 9.17) is 5.11 Å². The first-order valence-electron chi connectivity index (χ1n) is 3.63. The van der Waals surface area contributed by atoms with Crippen molar-refractivity contribution < 1.29 is 14.7 Å². The number of hydrogen-bond acceptors (Lipinski definition) is 2. The highest BCUT2D eigenvalue weighted by atomic mass is 16.4. The zero-order chi connectivity index (χ0) is 9.56. The normalized spacial score (nSPS) is 10.9. The van der Waals surface area contributed by atoms with Gasteiger partial charge in [0.15, 0.2) is 5.78 Å². The lowest BCUT2D eigenvalue weighted by molar-refractivity contribution is -0.132. The van der Waals surface area contributed by atoms with E-state index in [9.17, 15) is 9.59 Å². The van der Waals surface area contributed by atoms with Crippen LogP contribution in [0.15, 0.2) is 24.3 Å². The van der Waals surface area contributed by atoms with Gasteiger partial charge in [0.25, 0.3) is 0 Å². The molecule has 0 aromatic heterocycles. The third-order valence-electron chi connectivity index (χ3n) is 1.41. The second-order valence-electron chi connectivity index (χ2n) is 2.40. The summed E-state index contributed by atoms with van der Waals surface area (Å²) in [5.41, 5.74) is 0.270. The Balaban J connectivity index is 3.82. The topological polar surface area (TPSA) is 54.4 Å². The van der Waals surface area contributed by atoms with Gasteiger partial charge < -0.3 is 5.11 Å². The van der Waals surface area contributed by atoms with Crippen molar-refractivity contribution in [2.45, 2.75) is 19.8 Å². The van der Waals surface area contributed by atoms with Crippen LogP contribution < -0.4 is 0 Å². The highest BCUT2D eigenvalue weighted by Gasteiger charge is 1.99. The molecule has 0 aromatic carbocycles. The van der Waals surface area contributed by atoms with Crippen molar-refractivity contribution in [1.82, 2.24) is 0 Å². The van der Waals surface area contributed by atoms with E-state index in [1.165, 1.54) is 19.1 Å². The van der Waals surface area contributed by atoms with Crippen LogP contribution in [0, 0.1) is 0 Å². The molecule has 0 atom stereocenters. The summed E-state index contributed by atoms with van der Waals surface area (Å²) < 4.78 is 0. The van der Waals surface area contributed by atoms with Crippen molar-refractivity contribution in [3.63, 3.8) is 0 Å². The minimum atomic E-state index is -0.943. The number of hydrogen-bond donors (Lipinski definition) is 1. The Bertz CT molecular complexity index is 226. The van der Waals surface area contributed by atoms with Gasteiger partial charge in [-0.3, -0.25) is 4.79 Å². The molecule has 0 radical (unpaired) electrons. The summed E-state index contributed by atoms with van der Waals surface area (Å²) in [5, 5.41) is 8.43. The second-order valence-corrected chi connectivity index (χ2v) is 2.40. The van der Waals surface area contributed by atoms with E-state index < -0.39 is 5.97 Å². The molecule has 0 aromatic rings. The molecule has 0 rings (SSSR count). The van der Waals surface area contributed by atoms with Gasteiger partial charge in [-0.05, 0) is 19.4 Å². The molecule has 0 saturated carbocycles. The van der Waals surface area contributed by atoms with Crippen molar-refractivity contribution in [2.24, 2.45) is 0 Å². The monoisotopic (exact) mass is 168 g/mol. The average Bonchev–Trinajstić information content (AvgIpc) is 2.03. The van der Waals surface area contributed by atoms with E-state index in [0.29, 0.717) is 12.8 Å². The first kappa shape index (κ1) is 10.6. The van der Waals surface area contributed by atoms with Crippen LogP contribution in [0.1, 0.15) is 19.8 Å². The Morgan fingerprint density at radius 1 is 1.50 bits per heavy atom. The maximum atomic E-state index is 10.7. The summed E-state index contributed by atoms with van der Waals surface area (Å²) in [6.45, 7) is 4.81. The maximum absolute atomic E-state index is 10.7. The van der Waals surface area contributed by atoms with Crippen LogP contribution >= 0.6 is 0 Å². The van der Waals surface area contributed by atoms with E-state index in [0.717, 1.165) is 0 Å². The van der Waals surface area contributed by atoms with Gasteiger partial charge in [0.1, 0.15) is 0 Å². The van der Waals surface area contributed by atoms with Crippen LogP contribution in [-0.4, -0.2) is 16.9 Å². The highest BCUT2D eigenvalue weighted by molar-refractivity contribution is 5.89. The minimum Gasteiger partial charge on any atom is -0.478 e. The molecule has 66 valence electrons. The number of carboxylic acids is 1. The van der Waals surface area contributed by atoms with Crippen molar-refractivity contribution in [3.05, 3.63) is 24.3 Å². The van der Waals surface area contributed by atoms with Gasteiger partial charge in [0, 0.05) is 12.0 Å². The number of aliphatic carboxylic acids is 1. The van der Waals surface area contributed by atoms with E-state index in [1.807, 2.05) is 0 Å². The summed E-state index contributed by atoms with van der Waals surface area (Å²) in [4.78, 5) is 20.9. The minimum absolute atomic E-state index is 0.0653. The smallest absolute Gasteiger partial charge is 0.330 e. The standard InChI is InChI=1S/C9H12O3/c1-3-8(10)6-4-5-7(2)9(11)12/h3,5H,1,4,6H2,2H3,(H,11,12)/b7-5+. The molecule has 0 aliphatic heterocycles. The number of ketones is 1. The zero-order valence-electron chi connectivity index (χ0n) is 7.04. The number of carbonyl (C=O) groups is 2. The summed E-state index contributed by atoms with van der Waals surface area (Å²) in [5.74, 6) is -1.01. The van der Waals surface area contributed by atoms with Crippen LogP contribution in [0.5, 0.6) is 0 Å². The van der Waals surface area contributed by atoms with Crippen LogP contribution in [-0.2, 0) is 9.59 Å². The SMILES string of the molecule is C=CC(=O)CC/C=C(\C)C(=O)O. The van der Waals surface area contributed by atoms with Crippen molar-refractivity contribution in [3.8, 4) is 0 Å². The Hall–Kier alpha value is -1.38. The van der Waals surface area contributed by atoms with E-state index in [1.54, 1.807) is 0 Å². The third kappa shape index (κ3) is 4.44. The van der Waals surface area contributed by atoms with Crippen molar-refractivity contribution in [1.29, 1.82) is 0 Å². The summed E-state index contributed by atoms with van der Waals surface area (Å²) >= 11 is 0. The van der Waals surface area contributed by atoms with Gasteiger partial charge in [0.2, 0.25) is 0 Å². The number of allylic oxidation sites excluding steroid dienone is 2. The van der Waals surface area contributed by atoms with Crippen LogP contribution in [0.4, 0.5) is 0 Å². The molecule has 0 heterocycles. The predicted molar refractivity (Wildman–Crippen MR) is 45.8 cm³/mol. The van der Waals surface area contributed by atoms with E-state index >= 15 is 0 Å². The van der Waals surface area contributed by atoms with Gasteiger partial charge in [-0.2, -0.15) is 0 Å². The van der Waals surface area contributed by atoms with Crippen molar-refractivity contribution >= 4 is 11.8 Å². The van der Waals surface area contributed by atoms with Gasteiger partial charge >= 0.3 is 5.97 Å². The molecular formula is C9H12O3. The molecule has 0 saturated heterocycles. The Morgan fingerprint density at radius 2 is 2.08 bits per heavy atom. The highest BCUT2D eigenvalue weighted by Crippen LogP contribution is 1.99. The molecule has 12 heavy (non-hydrogen) atoms. The summed E-state index contributed by atoms with van der Waals surface area (Å²) in [6.07, 6.45) is 3.56. The Labute approximate surface area is 71.4 Å². The first-order chi connectivity index (χ1) is 5.57. The number of carbonyl (C=O) groups excluding carboxylic acids is 1. The largest absolute Gasteiger partial charge is 0.478 e. The molecule has 0 bridgehead atoms. The quantitative estimate of drug-likeness (QED) is 0.633. The van der Waals surface area contributed by atoms with Gasteiger partial charge in [-0.25, -0.2) is 4.79 Å². The fourth-order valence-electron chi connectivity index (χ4n) is 0.620. The fourth-order valence-corrected chi connectivity index (χ4v) is 0.620. The summed E-state index contributed by atoms with van der Waals surface area (Å²) in [7, 11) is 0. The predicted octanol–water partition coefficient (Wildman–Crippen LogP) is 1.55. The Morgan fingerprint density at radius 3 is 2.50 bits per heavy atom. The molecule has 3 nitrogen and oxygen atoms in total. The zero-order valence-corrected chi connectivity index (χ0v) is 7.04. The molecule has 0 fully saturated rings. The number of rotatable bonds is 5. The average molecular weight is 168 g/mol. The van der Waals surface area contributed by atoms with E-state index in [-0.39, 0.29) is 11.4 Å². The fraction of sp³-hybridized carbons (Fsp3) is 0.333. The lowest BCUT2D eigenvalue weighted by atomic mass is 10.1. The molecule has 1 N–H and O–H groups in total. The van der Waals surface area contributed by atoms with Crippen LogP contribution in [0.2, 0.25) is 0 Å². The summed E-state index contributed by atoms with van der Waals surface area (Å²) in [6, 6.07) is 0. The van der Waals surface area contributed by atoms with Gasteiger partial charge in [0.05, 0.1) is 0 Å². The molecular weight excluding hydrogens is 156 g/mol. The molecule has 0 aliphatic carbocycles. The van der Waals surface area contributed by atoms with E-state index in [2.05, 4.69) is 6.58 Å². The van der Waals surface area contributed by atoms with Crippen molar-refractivity contribution in [2.75, 3.05) is 0 Å². The molecule has 0 unspecified atom stereocenters. The van der Waals surface area contributed by atoms with Crippen LogP contribution in [0.3, 0.4) is 0 Å². The maximum Gasteiger partial charge on any atom is 0.330 e. The molecule has 0 aliphatic rings. The number of carboxylic acid groups (broad SMARTS) is 1. The molecule has 3 heteroatoms. The van der Waals surface area contributed by atoms with Gasteiger partial charge in [-0.1, -0.05) is 12.7 Å². The lowest BCUT2D eigenvalue weighted by Gasteiger charge is -1.92. The first-order valence-corrected chi connectivity index (χ1v) is 3.63. The molecule has 0 spiro atoms. The van der Waals surface area contributed by atoms with Gasteiger partial charge in [-0.15, -0.1) is 0 Å². The molecule has 0 amide bonds. The lowest BCUT2D eigenvalue weighted by Crippen LogP contribution is -1.96. The second kappa shape index (κ2) is 5.29. The third-order valence-corrected chi connectivity index (χ3v) is 1.41. The van der Waals surface area contributed by atoms with Crippen LogP contribution in [0.25, 0.3) is 0 Å². The Kier molecular flexibility index (Phi) is 4.69.